The molecule has 0 bridgehead atoms. The molecule has 2 aromatic carbocycles. The van der Waals surface area contributed by atoms with Crippen LogP contribution in [0.1, 0.15) is 0 Å². The Morgan fingerprint density at radius 3 is 1.90 bits per heavy atom. The largest absolute Gasteiger partial charge is 0.397 e. The van der Waals surface area contributed by atoms with Gasteiger partial charge in [0.25, 0.3) is 0 Å². The summed E-state index contributed by atoms with van der Waals surface area (Å²) in [4.78, 5) is 2.25. The molecule has 0 unspecified atom stereocenters. The number of rotatable bonds is 5. The second-order valence-electron chi connectivity index (χ2n) is 6.15. The number of nitrogens with two attached hydrogens (primary N) is 1. The molecule has 1 aliphatic rings. The Kier molecular flexibility index (Phi) is 14.2. The van der Waals surface area contributed by atoms with E-state index in [1.165, 1.54) is 0 Å². The quantitative estimate of drug-likeness (QED) is 0.320. The van der Waals surface area contributed by atoms with Crippen molar-refractivity contribution in [1.82, 2.24) is 10.6 Å². The van der Waals surface area contributed by atoms with Gasteiger partial charge in [-0.25, -0.2) is 0 Å². The van der Waals surface area contributed by atoms with Crippen molar-refractivity contribution in [3.8, 4) is 0 Å². The normalized spacial score (nSPS) is 13.1. The number of hydrogen-bond donors (Lipinski definition) is 5. The minimum absolute atomic E-state index is 0.139. The van der Waals surface area contributed by atoms with Crippen molar-refractivity contribution in [2.45, 2.75) is 0 Å². The first-order valence-corrected chi connectivity index (χ1v) is 10.9. The Bertz CT molecular complexity index is 722. The number of nitrogen functional groups attached to an aromatic ring is 1. The second kappa shape index (κ2) is 15.8. The molecule has 2 aromatic rings. The second-order valence-corrected chi connectivity index (χ2v) is 7.72. The molecule has 0 saturated carbocycles. The van der Waals surface area contributed by atoms with Crippen LogP contribution in [0.25, 0.3) is 0 Å². The minimum atomic E-state index is 0.139. The average Bonchev–Trinajstić information content (AvgIpc) is 2.76. The zero-order chi connectivity index (χ0) is 22.4. The molecule has 0 amide bonds. The average molecular weight is 498 g/mol. The molecular formula is C20H28Cl4N4O2. The summed E-state index contributed by atoms with van der Waals surface area (Å²) >= 11 is 23.3. The van der Waals surface area contributed by atoms with E-state index in [2.05, 4.69) is 15.5 Å². The first kappa shape index (κ1) is 27.1. The van der Waals surface area contributed by atoms with E-state index in [1.807, 2.05) is 18.2 Å². The number of aliphatic hydroxyl groups excluding tert-OH is 2. The summed E-state index contributed by atoms with van der Waals surface area (Å²) in [6.45, 7) is 5.40. The third-order valence-electron chi connectivity index (χ3n) is 3.95. The first-order valence-electron chi connectivity index (χ1n) is 9.44. The third-order valence-corrected chi connectivity index (χ3v) is 5.59. The first-order chi connectivity index (χ1) is 14.4. The van der Waals surface area contributed by atoms with Crippen molar-refractivity contribution < 1.29 is 10.2 Å². The van der Waals surface area contributed by atoms with Crippen LogP contribution < -0.4 is 21.3 Å². The van der Waals surface area contributed by atoms with Crippen molar-refractivity contribution in [2.75, 3.05) is 63.1 Å². The molecular weight excluding hydrogens is 470 g/mol. The van der Waals surface area contributed by atoms with Crippen LogP contribution in [0.5, 0.6) is 0 Å². The Labute approximate surface area is 197 Å². The van der Waals surface area contributed by atoms with Crippen molar-refractivity contribution in [1.29, 1.82) is 0 Å². The van der Waals surface area contributed by atoms with E-state index in [-0.39, 0.29) is 13.2 Å². The summed E-state index contributed by atoms with van der Waals surface area (Å²) in [6.07, 6.45) is 0. The lowest BCUT2D eigenvalue weighted by atomic mass is 10.2. The summed E-state index contributed by atoms with van der Waals surface area (Å²) in [7, 11) is 0. The highest BCUT2D eigenvalue weighted by Gasteiger charge is 2.14. The lowest BCUT2D eigenvalue weighted by Gasteiger charge is -2.30. The number of halogens is 4. The van der Waals surface area contributed by atoms with Gasteiger partial charge in [0.2, 0.25) is 0 Å². The fraction of sp³-hybridized carbons (Fsp3) is 0.400. The molecule has 168 valence electrons. The number of anilines is 2. The summed E-state index contributed by atoms with van der Waals surface area (Å²) in [5.74, 6) is 0. The van der Waals surface area contributed by atoms with Crippen molar-refractivity contribution >= 4 is 57.8 Å². The van der Waals surface area contributed by atoms with Crippen LogP contribution in [0, 0.1) is 0 Å². The topological polar surface area (TPSA) is 93.8 Å². The monoisotopic (exact) mass is 496 g/mol. The van der Waals surface area contributed by atoms with Gasteiger partial charge in [-0.05, 0) is 24.3 Å². The molecule has 0 aromatic heterocycles. The maximum absolute atomic E-state index is 8.15. The Hall–Kier alpha value is -0.960. The Morgan fingerprint density at radius 1 is 0.867 bits per heavy atom. The van der Waals surface area contributed by atoms with Crippen LogP contribution in [0.15, 0.2) is 36.4 Å². The van der Waals surface area contributed by atoms with Crippen molar-refractivity contribution in [2.24, 2.45) is 0 Å². The molecule has 0 aliphatic carbocycles. The molecule has 1 saturated heterocycles. The highest BCUT2D eigenvalue weighted by Crippen LogP contribution is 2.32. The SMILES string of the molecule is Clc1cccc(N2CCNCC2)c1Cl.Nc1cccc(Cl)c1Cl.OCCNCCO. The molecule has 3 rings (SSSR count). The highest BCUT2D eigenvalue weighted by atomic mass is 35.5. The van der Waals surface area contributed by atoms with Crippen LogP contribution in [0.3, 0.4) is 0 Å². The summed E-state index contributed by atoms with van der Waals surface area (Å²) in [6, 6.07) is 10.9. The van der Waals surface area contributed by atoms with Crippen LogP contribution in [0.4, 0.5) is 11.4 Å². The predicted octanol–water partition coefficient (Wildman–Crippen LogP) is 3.54. The molecule has 0 radical (unpaired) electrons. The van der Waals surface area contributed by atoms with Crippen LogP contribution in [-0.2, 0) is 0 Å². The maximum atomic E-state index is 8.15. The van der Waals surface area contributed by atoms with Gasteiger partial charge in [0.05, 0.1) is 44.7 Å². The number of piperazine rings is 1. The summed E-state index contributed by atoms with van der Waals surface area (Å²) in [5, 5.41) is 24.6. The Balaban J connectivity index is 0.000000244. The van der Waals surface area contributed by atoms with E-state index in [9.17, 15) is 0 Å². The van der Waals surface area contributed by atoms with Gasteiger partial charge in [-0.2, -0.15) is 0 Å². The highest BCUT2D eigenvalue weighted by molar-refractivity contribution is 6.44. The van der Waals surface area contributed by atoms with E-state index < -0.39 is 0 Å². The van der Waals surface area contributed by atoms with Gasteiger partial charge in [0.15, 0.2) is 0 Å². The summed E-state index contributed by atoms with van der Waals surface area (Å²) in [5.41, 5.74) is 6.96. The molecule has 6 N–H and O–H groups in total. The van der Waals surface area contributed by atoms with Crippen molar-refractivity contribution in [3.63, 3.8) is 0 Å². The Morgan fingerprint density at radius 2 is 1.40 bits per heavy atom. The van der Waals surface area contributed by atoms with E-state index in [1.54, 1.807) is 18.2 Å². The predicted molar refractivity (Wildman–Crippen MR) is 129 cm³/mol. The van der Waals surface area contributed by atoms with Crippen LogP contribution >= 0.6 is 46.4 Å². The fourth-order valence-electron chi connectivity index (χ4n) is 2.45. The lowest BCUT2D eigenvalue weighted by molar-refractivity contribution is 0.266. The molecule has 1 heterocycles. The van der Waals surface area contributed by atoms with Gasteiger partial charge in [-0.15, -0.1) is 0 Å². The molecule has 30 heavy (non-hydrogen) atoms. The third kappa shape index (κ3) is 9.90. The lowest BCUT2D eigenvalue weighted by Crippen LogP contribution is -2.43. The van der Waals surface area contributed by atoms with E-state index in [0.29, 0.717) is 38.9 Å². The van der Waals surface area contributed by atoms with Gasteiger partial charge in [-0.1, -0.05) is 58.5 Å². The zero-order valence-electron chi connectivity index (χ0n) is 16.6. The minimum Gasteiger partial charge on any atom is -0.397 e. The number of aliphatic hydroxyl groups is 2. The van der Waals surface area contributed by atoms with Gasteiger partial charge in [0.1, 0.15) is 0 Å². The molecule has 6 nitrogen and oxygen atoms in total. The molecule has 10 heteroatoms. The van der Waals surface area contributed by atoms with Crippen LogP contribution in [-0.4, -0.2) is 62.7 Å². The smallest absolute Gasteiger partial charge is 0.0825 e. The number of nitrogens with zero attached hydrogens (tertiary/aromatic N) is 1. The maximum Gasteiger partial charge on any atom is 0.0825 e. The van der Waals surface area contributed by atoms with Gasteiger partial charge in [-0.3, -0.25) is 0 Å². The molecule has 0 atom stereocenters. The van der Waals surface area contributed by atoms with Gasteiger partial charge < -0.3 is 31.5 Å². The number of nitrogens with one attached hydrogen (secondary N) is 2. The zero-order valence-corrected chi connectivity index (χ0v) is 19.6. The summed E-state index contributed by atoms with van der Waals surface area (Å²) < 4.78 is 0. The van der Waals surface area contributed by atoms with Gasteiger partial charge >= 0.3 is 0 Å². The molecule has 1 fully saturated rings. The fourth-order valence-corrected chi connectivity index (χ4v) is 3.17. The van der Waals surface area contributed by atoms with Gasteiger partial charge in [0, 0.05) is 39.3 Å². The van der Waals surface area contributed by atoms with E-state index in [4.69, 9.17) is 62.4 Å². The number of hydrogen-bond acceptors (Lipinski definition) is 6. The van der Waals surface area contributed by atoms with Crippen LogP contribution in [0.2, 0.25) is 20.1 Å². The van der Waals surface area contributed by atoms with E-state index in [0.717, 1.165) is 31.9 Å². The van der Waals surface area contributed by atoms with E-state index >= 15 is 0 Å². The van der Waals surface area contributed by atoms with Crippen molar-refractivity contribution in [3.05, 3.63) is 56.5 Å². The molecule has 1 aliphatic heterocycles. The standard InChI is InChI=1S/C10H12Cl2N2.C6H5Cl2N.C4H11NO2/c11-8-2-1-3-9(10(8)12)14-6-4-13-5-7-14;7-4-2-1-3-5(9)6(4)8;6-3-1-5-2-4-7/h1-3,13H,4-7H2;1-3H,9H2;5-7H,1-4H2. The number of benzene rings is 2. The molecule has 0 spiro atoms.